The Balaban J connectivity index is 1.55. The Hall–Kier alpha value is -2.86. The second kappa shape index (κ2) is 9.01. The van der Waals surface area contributed by atoms with Crippen LogP contribution in [-0.4, -0.2) is 39.7 Å². The quantitative estimate of drug-likeness (QED) is 0.640. The van der Waals surface area contributed by atoms with E-state index in [0.29, 0.717) is 6.54 Å². The van der Waals surface area contributed by atoms with Crippen molar-refractivity contribution in [2.45, 2.75) is 25.5 Å². The van der Waals surface area contributed by atoms with E-state index >= 15 is 0 Å². The topological polar surface area (TPSA) is 69.4 Å². The summed E-state index contributed by atoms with van der Waals surface area (Å²) in [6.45, 7) is 0.624. The van der Waals surface area contributed by atoms with Gasteiger partial charge in [-0.25, -0.2) is 0 Å². The standard InChI is InChI=1S/C20H23N3O3/c1-25-19-10-7-16(8-11-19)6-9-17-4-2-3-5-20(17)26-13-18(24)12-23-14-21-22-15-23/h2-5,7-8,10-11,14-15,18,24H,6,9,12-13H2,1H3/t18-/m1/s1. The predicted octanol–water partition coefficient (Wildman–Crippen LogP) is 2.51. The first-order chi connectivity index (χ1) is 12.7. The molecule has 0 spiro atoms. The zero-order chi connectivity index (χ0) is 18.2. The van der Waals surface area contributed by atoms with Crippen molar-refractivity contribution in [1.82, 2.24) is 14.8 Å². The fraction of sp³-hybridized carbons (Fsp3) is 0.300. The van der Waals surface area contributed by atoms with Crippen LogP contribution in [0.25, 0.3) is 0 Å². The van der Waals surface area contributed by atoms with Crippen LogP contribution in [-0.2, 0) is 19.4 Å². The number of methoxy groups -OCH3 is 1. The molecule has 1 aromatic heterocycles. The largest absolute Gasteiger partial charge is 0.497 e. The van der Waals surface area contributed by atoms with Gasteiger partial charge < -0.3 is 19.1 Å². The SMILES string of the molecule is COc1ccc(CCc2ccccc2OC[C@H](O)Cn2cnnc2)cc1. The highest BCUT2D eigenvalue weighted by atomic mass is 16.5. The molecule has 0 amide bonds. The maximum atomic E-state index is 10.1. The van der Waals surface area contributed by atoms with Crippen molar-refractivity contribution in [3.63, 3.8) is 0 Å². The molecule has 2 aromatic carbocycles. The van der Waals surface area contributed by atoms with Crippen LogP contribution >= 0.6 is 0 Å². The smallest absolute Gasteiger partial charge is 0.122 e. The number of aliphatic hydroxyl groups is 1. The van der Waals surface area contributed by atoms with Gasteiger partial charge in [0.1, 0.15) is 36.9 Å². The van der Waals surface area contributed by atoms with Gasteiger partial charge in [-0.1, -0.05) is 30.3 Å². The third-order valence-electron chi connectivity index (χ3n) is 4.13. The Morgan fingerprint density at radius 3 is 2.46 bits per heavy atom. The van der Waals surface area contributed by atoms with Gasteiger partial charge in [0.15, 0.2) is 0 Å². The zero-order valence-corrected chi connectivity index (χ0v) is 14.8. The van der Waals surface area contributed by atoms with E-state index in [4.69, 9.17) is 9.47 Å². The molecule has 1 atom stereocenters. The molecule has 26 heavy (non-hydrogen) atoms. The minimum atomic E-state index is -0.624. The lowest BCUT2D eigenvalue weighted by atomic mass is 10.0. The third kappa shape index (κ3) is 5.07. The summed E-state index contributed by atoms with van der Waals surface area (Å²) in [4.78, 5) is 0. The Labute approximate surface area is 153 Å². The average molecular weight is 353 g/mol. The summed E-state index contributed by atoms with van der Waals surface area (Å²) < 4.78 is 12.8. The second-order valence-corrected chi connectivity index (χ2v) is 6.08. The maximum Gasteiger partial charge on any atom is 0.122 e. The van der Waals surface area contributed by atoms with Crippen LogP contribution in [0.3, 0.4) is 0 Å². The van der Waals surface area contributed by atoms with Gasteiger partial charge in [-0.05, 0) is 42.2 Å². The van der Waals surface area contributed by atoms with E-state index in [2.05, 4.69) is 28.4 Å². The molecule has 6 nitrogen and oxygen atoms in total. The van der Waals surface area contributed by atoms with Gasteiger partial charge in [0.05, 0.1) is 13.7 Å². The van der Waals surface area contributed by atoms with Gasteiger partial charge in [0.2, 0.25) is 0 Å². The van der Waals surface area contributed by atoms with Crippen LogP contribution < -0.4 is 9.47 Å². The van der Waals surface area contributed by atoms with Crippen LogP contribution in [0.4, 0.5) is 0 Å². The van der Waals surface area contributed by atoms with E-state index in [9.17, 15) is 5.11 Å². The number of nitrogens with zero attached hydrogens (tertiary/aromatic N) is 3. The van der Waals surface area contributed by atoms with Gasteiger partial charge in [0.25, 0.3) is 0 Å². The minimum absolute atomic E-state index is 0.220. The average Bonchev–Trinajstić information content (AvgIpc) is 3.18. The second-order valence-electron chi connectivity index (χ2n) is 6.08. The van der Waals surface area contributed by atoms with E-state index in [1.807, 2.05) is 30.3 Å². The van der Waals surface area contributed by atoms with Crippen molar-refractivity contribution < 1.29 is 14.6 Å². The number of benzene rings is 2. The van der Waals surface area contributed by atoms with Gasteiger partial charge in [0, 0.05) is 0 Å². The van der Waals surface area contributed by atoms with Crippen LogP contribution in [0.15, 0.2) is 61.2 Å². The number of aromatic nitrogens is 3. The zero-order valence-electron chi connectivity index (χ0n) is 14.8. The lowest BCUT2D eigenvalue weighted by Crippen LogP contribution is -2.23. The lowest BCUT2D eigenvalue weighted by molar-refractivity contribution is 0.0919. The highest BCUT2D eigenvalue weighted by Crippen LogP contribution is 2.21. The molecule has 1 heterocycles. The fourth-order valence-electron chi connectivity index (χ4n) is 2.72. The van der Waals surface area contributed by atoms with E-state index in [0.717, 1.165) is 29.9 Å². The van der Waals surface area contributed by atoms with Crippen molar-refractivity contribution in [3.05, 3.63) is 72.3 Å². The first-order valence-corrected chi connectivity index (χ1v) is 8.58. The van der Waals surface area contributed by atoms with Crippen molar-refractivity contribution in [3.8, 4) is 11.5 Å². The van der Waals surface area contributed by atoms with Crippen LogP contribution in [0, 0.1) is 0 Å². The van der Waals surface area contributed by atoms with Gasteiger partial charge in [-0.15, -0.1) is 10.2 Å². The number of para-hydroxylation sites is 1. The number of hydrogen-bond acceptors (Lipinski definition) is 5. The minimum Gasteiger partial charge on any atom is -0.497 e. The summed E-state index contributed by atoms with van der Waals surface area (Å²) in [5, 5.41) is 17.6. The predicted molar refractivity (Wildman–Crippen MR) is 98.4 cm³/mol. The number of hydrogen-bond donors (Lipinski definition) is 1. The van der Waals surface area contributed by atoms with Crippen molar-refractivity contribution in [1.29, 1.82) is 0 Å². The number of rotatable bonds is 9. The van der Waals surface area contributed by atoms with Crippen LogP contribution in [0.2, 0.25) is 0 Å². The Morgan fingerprint density at radius 2 is 1.73 bits per heavy atom. The molecule has 0 aliphatic heterocycles. The third-order valence-corrected chi connectivity index (χ3v) is 4.13. The summed E-state index contributed by atoms with van der Waals surface area (Å²) in [7, 11) is 1.67. The monoisotopic (exact) mass is 353 g/mol. The molecule has 0 saturated carbocycles. The van der Waals surface area contributed by atoms with Gasteiger partial charge >= 0.3 is 0 Å². The molecule has 6 heteroatoms. The number of aliphatic hydroxyl groups excluding tert-OH is 1. The first kappa shape index (κ1) is 17.9. The first-order valence-electron chi connectivity index (χ1n) is 8.58. The molecule has 3 rings (SSSR count). The van der Waals surface area contributed by atoms with Crippen LogP contribution in [0.1, 0.15) is 11.1 Å². The Kier molecular flexibility index (Phi) is 6.22. The molecule has 0 bridgehead atoms. The molecule has 0 radical (unpaired) electrons. The van der Waals surface area contributed by atoms with E-state index in [-0.39, 0.29) is 6.61 Å². The molecular weight excluding hydrogens is 330 g/mol. The van der Waals surface area contributed by atoms with E-state index < -0.39 is 6.10 Å². The maximum absolute atomic E-state index is 10.1. The molecule has 0 aliphatic carbocycles. The summed E-state index contributed by atoms with van der Waals surface area (Å²) in [5.74, 6) is 1.67. The highest BCUT2D eigenvalue weighted by Gasteiger charge is 2.09. The molecule has 0 fully saturated rings. The Morgan fingerprint density at radius 1 is 1.00 bits per heavy atom. The number of aryl methyl sites for hydroxylation is 2. The van der Waals surface area contributed by atoms with E-state index in [1.54, 1.807) is 24.3 Å². The summed E-state index contributed by atoms with van der Waals surface area (Å²) >= 11 is 0. The molecular formula is C20H23N3O3. The highest BCUT2D eigenvalue weighted by molar-refractivity contribution is 5.35. The molecule has 3 aromatic rings. The summed E-state index contributed by atoms with van der Waals surface area (Å²) in [5.41, 5.74) is 2.37. The molecule has 0 aliphatic rings. The van der Waals surface area contributed by atoms with Gasteiger partial charge in [-0.3, -0.25) is 0 Å². The molecule has 0 saturated heterocycles. The summed E-state index contributed by atoms with van der Waals surface area (Å²) in [6.07, 6.45) is 4.30. The Bertz CT molecular complexity index is 788. The summed E-state index contributed by atoms with van der Waals surface area (Å²) in [6, 6.07) is 16.0. The van der Waals surface area contributed by atoms with Crippen molar-refractivity contribution in [2.75, 3.05) is 13.7 Å². The fourth-order valence-corrected chi connectivity index (χ4v) is 2.72. The normalized spacial score (nSPS) is 11.9. The van der Waals surface area contributed by atoms with Crippen LogP contribution in [0.5, 0.6) is 11.5 Å². The van der Waals surface area contributed by atoms with Crippen molar-refractivity contribution in [2.24, 2.45) is 0 Å². The number of ether oxygens (including phenoxy) is 2. The van der Waals surface area contributed by atoms with Gasteiger partial charge in [-0.2, -0.15) is 0 Å². The van der Waals surface area contributed by atoms with E-state index in [1.165, 1.54) is 5.56 Å². The molecule has 1 N–H and O–H groups in total. The van der Waals surface area contributed by atoms with Crippen molar-refractivity contribution >= 4 is 0 Å². The molecule has 136 valence electrons. The lowest BCUT2D eigenvalue weighted by Gasteiger charge is -2.15. The molecule has 0 unspecified atom stereocenters.